The van der Waals surface area contributed by atoms with Crippen molar-refractivity contribution in [1.82, 2.24) is 5.32 Å². The molecule has 1 aliphatic rings. The van der Waals surface area contributed by atoms with Gasteiger partial charge in [0.15, 0.2) is 0 Å². The van der Waals surface area contributed by atoms with Gasteiger partial charge in [0, 0.05) is 19.1 Å². The number of ether oxygens (including phenoxy) is 2. The average molecular weight is 250 g/mol. The first-order valence-corrected chi connectivity index (χ1v) is 6.67. The van der Waals surface area contributed by atoms with E-state index >= 15 is 0 Å². The summed E-state index contributed by atoms with van der Waals surface area (Å²) in [6.07, 6.45) is 1.06. The Hall–Kier alpha value is -1.26. The van der Waals surface area contributed by atoms with Gasteiger partial charge in [-0.25, -0.2) is 0 Å². The SMILES string of the molecule is CCOc1ccccc1NCCC1COCCN1. The Morgan fingerprint density at radius 2 is 2.33 bits per heavy atom. The molecule has 0 aromatic heterocycles. The zero-order valence-corrected chi connectivity index (χ0v) is 10.9. The molecule has 1 saturated heterocycles. The molecule has 1 heterocycles. The normalized spacial score (nSPS) is 19.5. The maximum atomic E-state index is 5.58. The van der Waals surface area contributed by atoms with Crippen LogP contribution in [0.2, 0.25) is 0 Å². The van der Waals surface area contributed by atoms with E-state index in [0.29, 0.717) is 12.6 Å². The van der Waals surface area contributed by atoms with Gasteiger partial charge in [-0.3, -0.25) is 0 Å². The molecule has 0 aliphatic carbocycles. The number of rotatable bonds is 6. The van der Waals surface area contributed by atoms with Crippen LogP contribution in [0.4, 0.5) is 5.69 Å². The molecule has 2 rings (SSSR count). The van der Waals surface area contributed by atoms with E-state index in [0.717, 1.165) is 44.2 Å². The molecule has 1 aromatic rings. The molecule has 0 spiro atoms. The summed E-state index contributed by atoms with van der Waals surface area (Å²) in [6.45, 7) is 6.22. The molecule has 1 aliphatic heterocycles. The van der Waals surface area contributed by atoms with Crippen LogP contribution in [0.1, 0.15) is 13.3 Å². The lowest BCUT2D eigenvalue weighted by Gasteiger charge is -2.24. The first kappa shape index (κ1) is 13.2. The Bertz CT molecular complexity index is 351. The van der Waals surface area contributed by atoms with Crippen molar-refractivity contribution in [1.29, 1.82) is 0 Å². The second-order valence-corrected chi connectivity index (χ2v) is 4.37. The monoisotopic (exact) mass is 250 g/mol. The smallest absolute Gasteiger partial charge is 0.142 e. The van der Waals surface area contributed by atoms with Crippen molar-refractivity contribution in [3.8, 4) is 5.75 Å². The molecular formula is C14H22N2O2. The van der Waals surface area contributed by atoms with Crippen LogP contribution in [0, 0.1) is 0 Å². The maximum Gasteiger partial charge on any atom is 0.142 e. The lowest BCUT2D eigenvalue weighted by atomic mass is 10.2. The molecular weight excluding hydrogens is 228 g/mol. The number of benzene rings is 1. The minimum atomic E-state index is 0.463. The van der Waals surface area contributed by atoms with Crippen molar-refractivity contribution < 1.29 is 9.47 Å². The highest BCUT2D eigenvalue weighted by Crippen LogP contribution is 2.23. The van der Waals surface area contributed by atoms with Crippen LogP contribution in [0.25, 0.3) is 0 Å². The van der Waals surface area contributed by atoms with Crippen molar-refractivity contribution in [3.63, 3.8) is 0 Å². The molecule has 0 bridgehead atoms. The van der Waals surface area contributed by atoms with Gasteiger partial charge in [-0.05, 0) is 25.5 Å². The standard InChI is InChI=1S/C14H22N2O2/c1-2-18-14-6-4-3-5-13(14)16-8-7-12-11-17-10-9-15-12/h3-6,12,15-16H,2,7-11H2,1H3. The Labute approximate surface area is 109 Å². The summed E-state index contributed by atoms with van der Waals surface area (Å²) in [6, 6.07) is 8.52. The van der Waals surface area contributed by atoms with E-state index in [1.165, 1.54) is 0 Å². The van der Waals surface area contributed by atoms with Crippen molar-refractivity contribution >= 4 is 5.69 Å². The van der Waals surface area contributed by atoms with Gasteiger partial charge in [0.25, 0.3) is 0 Å². The molecule has 0 saturated carbocycles. The van der Waals surface area contributed by atoms with Crippen LogP contribution < -0.4 is 15.4 Å². The number of para-hydroxylation sites is 2. The van der Waals surface area contributed by atoms with E-state index in [1.807, 2.05) is 25.1 Å². The van der Waals surface area contributed by atoms with Crippen molar-refractivity contribution in [3.05, 3.63) is 24.3 Å². The second-order valence-electron chi connectivity index (χ2n) is 4.37. The highest BCUT2D eigenvalue weighted by molar-refractivity contribution is 5.56. The van der Waals surface area contributed by atoms with Crippen molar-refractivity contribution in [2.45, 2.75) is 19.4 Å². The fourth-order valence-corrected chi connectivity index (χ4v) is 2.08. The summed E-state index contributed by atoms with van der Waals surface area (Å²) in [5.41, 5.74) is 1.07. The highest BCUT2D eigenvalue weighted by atomic mass is 16.5. The first-order valence-electron chi connectivity index (χ1n) is 6.67. The molecule has 1 atom stereocenters. The van der Waals surface area contributed by atoms with Gasteiger partial charge in [0.2, 0.25) is 0 Å². The third-order valence-corrected chi connectivity index (χ3v) is 2.99. The third-order valence-electron chi connectivity index (χ3n) is 2.99. The summed E-state index contributed by atoms with van der Waals surface area (Å²) in [7, 11) is 0. The summed E-state index contributed by atoms with van der Waals surface area (Å²) in [4.78, 5) is 0. The number of anilines is 1. The molecule has 100 valence electrons. The van der Waals surface area contributed by atoms with E-state index in [9.17, 15) is 0 Å². The molecule has 4 heteroatoms. The Morgan fingerprint density at radius 1 is 1.44 bits per heavy atom. The highest BCUT2D eigenvalue weighted by Gasteiger charge is 2.12. The van der Waals surface area contributed by atoms with Crippen LogP contribution >= 0.6 is 0 Å². The van der Waals surface area contributed by atoms with Crippen LogP contribution in [0.15, 0.2) is 24.3 Å². The zero-order chi connectivity index (χ0) is 12.6. The van der Waals surface area contributed by atoms with E-state index in [1.54, 1.807) is 0 Å². The molecule has 0 radical (unpaired) electrons. The van der Waals surface area contributed by atoms with Gasteiger partial charge in [-0.1, -0.05) is 12.1 Å². The number of morpholine rings is 1. The molecule has 18 heavy (non-hydrogen) atoms. The number of hydrogen-bond acceptors (Lipinski definition) is 4. The van der Waals surface area contributed by atoms with Crippen molar-refractivity contribution in [2.24, 2.45) is 0 Å². The van der Waals surface area contributed by atoms with Crippen LogP contribution in [0.5, 0.6) is 5.75 Å². The first-order chi connectivity index (χ1) is 8.90. The molecule has 1 fully saturated rings. The van der Waals surface area contributed by atoms with Crippen LogP contribution in [0.3, 0.4) is 0 Å². The maximum absolute atomic E-state index is 5.58. The van der Waals surface area contributed by atoms with Gasteiger partial charge >= 0.3 is 0 Å². The fraction of sp³-hybridized carbons (Fsp3) is 0.571. The van der Waals surface area contributed by atoms with Gasteiger partial charge in [0.05, 0.1) is 25.5 Å². The summed E-state index contributed by atoms with van der Waals surface area (Å²) in [5.74, 6) is 0.924. The molecule has 4 nitrogen and oxygen atoms in total. The minimum Gasteiger partial charge on any atom is -0.492 e. The summed E-state index contributed by atoms with van der Waals surface area (Å²) in [5, 5.41) is 6.87. The van der Waals surface area contributed by atoms with Crippen molar-refractivity contribution in [2.75, 3.05) is 38.2 Å². The van der Waals surface area contributed by atoms with E-state index < -0.39 is 0 Å². The molecule has 0 amide bonds. The van der Waals surface area contributed by atoms with Crippen LogP contribution in [-0.2, 0) is 4.74 Å². The predicted octanol–water partition coefficient (Wildman–Crippen LogP) is 1.88. The Balaban J connectivity index is 1.78. The van der Waals surface area contributed by atoms with Gasteiger partial charge in [-0.2, -0.15) is 0 Å². The summed E-state index contributed by atoms with van der Waals surface area (Å²) >= 11 is 0. The largest absolute Gasteiger partial charge is 0.492 e. The topological polar surface area (TPSA) is 42.5 Å². The van der Waals surface area contributed by atoms with E-state index in [4.69, 9.17) is 9.47 Å². The zero-order valence-electron chi connectivity index (χ0n) is 10.9. The Morgan fingerprint density at radius 3 is 3.11 bits per heavy atom. The third kappa shape index (κ3) is 3.89. The second kappa shape index (κ2) is 7.24. The quantitative estimate of drug-likeness (QED) is 0.809. The lowest BCUT2D eigenvalue weighted by Crippen LogP contribution is -2.42. The number of nitrogens with one attached hydrogen (secondary N) is 2. The molecule has 2 N–H and O–H groups in total. The number of hydrogen-bond donors (Lipinski definition) is 2. The predicted molar refractivity (Wildman–Crippen MR) is 73.3 cm³/mol. The van der Waals surface area contributed by atoms with E-state index in [2.05, 4.69) is 16.7 Å². The lowest BCUT2D eigenvalue weighted by molar-refractivity contribution is 0.0753. The summed E-state index contributed by atoms with van der Waals surface area (Å²) < 4.78 is 11.0. The van der Waals surface area contributed by atoms with Crippen LogP contribution in [-0.4, -0.2) is 39.0 Å². The van der Waals surface area contributed by atoms with E-state index in [-0.39, 0.29) is 0 Å². The average Bonchev–Trinajstić information content (AvgIpc) is 2.42. The van der Waals surface area contributed by atoms with Gasteiger partial charge in [-0.15, -0.1) is 0 Å². The Kier molecular flexibility index (Phi) is 5.30. The van der Waals surface area contributed by atoms with Gasteiger partial charge < -0.3 is 20.1 Å². The van der Waals surface area contributed by atoms with Gasteiger partial charge in [0.1, 0.15) is 5.75 Å². The molecule has 1 unspecified atom stereocenters. The molecule has 1 aromatic carbocycles. The fourth-order valence-electron chi connectivity index (χ4n) is 2.08. The minimum absolute atomic E-state index is 0.463.